The van der Waals surface area contributed by atoms with E-state index in [0.29, 0.717) is 11.0 Å². The van der Waals surface area contributed by atoms with Gasteiger partial charge in [0, 0.05) is 12.6 Å². The van der Waals surface area contributed by atoms with E-state index in [0.717, 1.165) is 17.9 Å². The maximum absolute atomic E-state index is 5.77. The van der Waals surface area contributed by atoms with Crippen LogP contribution in [-0.2, 0) is 0 Å². The van der Waals surface area contributed by atoms with Crippen molar-refractivity contribution in [1.29, 1.82) is 0 Å². The molecule has 18 heavy (non-hydrogen) atoms. The molecule has 2 N–H and O–H groups in total. The van der Waals surface area contributed by atoms with Crippen molar-refractivity contribution in [3.63, 3.8) is 0 Å². The molecule has 1 saturated carbocycles. The fourth-order valence-electron chi connectivity index (χ4n) is 2.70. The molecule has 0 bridgehead atoms. The highest BCUT2D eigenvalue weighted by molar-refractivity contribution is 7.80. The lowest BCUT2D eigenvalue weighted by Gasteiger charge is -2.35. The van der Waals surface area contributed by atoms with Gasteiger partial charge in [0.25, 0.3) is 0 Å². The second-order valence-electron chi connectivity index (χ2n) is 4.71. The molecule has 0 unspecified atom stereocenters. The summed E-state index contributed by atoms with van der Waals surface area (Å²) in [6.07, 6.45) is 8.03. The van der Waals surface area contributed by atoms with Gasteiger partial charge in [-0.1, -0.05) is 31.5 Å². The first kappa shape index (κ1) is 13.2. The summed E-state index contributed by atoms with van der Waals surface area (Å²) in [5.41, 5.74) is 6.61. The maximum atomic E-state index is 5.77. The third-order valence-corrected chi connectivity index (χ3v) is 3.81. The number of hydrogen-bond acceptors (Lipinski definition) is 4. The van der Waals surface area contributed by atoms with Gasteiger partial charge in [0.05, 0.1) is 11.8 Å². The summed E-state index contributed by atoms with van der Waals surface area (Å²) in [6, 6.07) is 2.41. The molecule has 1 heterocycles. The van der Waals surface area contributed by atoms with Crippen LogP contribution in [-0.4, -0.2) is 27.8 Å². The number of rotatable bonds is 4. The van der Waals surface area contributed by atoms with Gasteiger partial charge in [0.15, 0.2) is 5.82 Å². The average molecular weight is 264 g/mol. The van der Waals surface area contributed by atoms with Gasteiger partial charge in [-0.15, -0.1) is 5.10 Å². The first-order valence-electron chi connectivity index (χ1n) is 6.62. The minimum atomic E-state index is 0.397. The molecule has 0 saturated heterocycles. The summed E-state index contributed by atoms with van der Waals surface area (Å²) in [5.74, 6) is 0.847. The highest BCUT2D eigenvalue weighted by Gasteiger charge is 2.23. The molecule has 98 valence electrons. The van der Waals surface area contributed by atoms with Gasteiger partial charge in [-0.25, -0.2) is 0 Å². The Morgan fingerprint density at radius 2 is 2.17 bits per heavy atom. The van der Waals surface area contributed by atoms with Crippen molar-refractivity contribution in [1.82, 2.24) is 10.2 Å². The number of thiocarbonyl (C=S) groups is 1. The summed E-state index contributed by atoms with van der Waals surface area (Å²) in [6.45, 7) is 3.06. The van der Waals surface area contributed by atoms with Crippen molar-refractivity contribution in [3.8, 4) is 0 Å². The van der Waals surface area contributed by atoms with E-state index in [1.54, 1.807) is 6.20 Å². The molecular formula is C13H20N4S. The Morgan fingerprint density at radius 1 is 1.44 bits per heavy atom. The minimum Gasteiger partial charge on any atom is -0.389 e. The normalized spacial score (nSPS) is 16.5. The highest BCUT2D eigenvalue weighted by atomic mass is 32.1. The van der Waals surface area contributed by atoms with Crippen LogP contribution in [0.1, 0.15) is 44.6 Å². The standard InChI is InChI=1S/C13H20N4S/c1-2-17(10-6-4-3-5-7-10)13-11(12(14)18)8-9-15-16-13/h8-10H,2-7H2,1H3,(H2,14,18). The Hall–Kier alpha value is -1.23. The maximum Gasteiger partial charge on any atom is 0.161 e. The molecule has 1 aliphatic carbocycles. The Balaban J connectivity index is 2.28. The van der Waals surface area contributed by atoms with Crippen molar-refractivity contribution in [2.24, 2.45) is 5.73 Å². The number of nitrogens with zero attached hydrogens (tertiary/aromatic N) is 3. The zero-order valence-electron chi connectivity index (χ0n) is 10.8. The molecule has 0 radical (unpaired) electrons. The number of nitrogens with two attached hydrogens (primary N) is 1. The van der Waals surface area contributed by atoms with Crippen LogP contribution >= 0.6 is 12.2 Å². The van der Waals surface area contributed by atoms with Gasteiger partial charge in [0.2, 0.25) is 0 Å². The first-order valence-corrected chi connectivity index (χ1v) is 7.03. The molecular weight excluding hydrogens is 244 g/mol. The van der Waals surface area contributed by atoms with Crippen LogP contribution in [0.3, 0.4) is 0 Å². The summed E-state index contributed by atoms with van der Waals surface area (Å²) in [7, 11) is 0. The largest absolute Gasteiger partial charge is 0.389 e. The molecule has 1 aromatic heterocycles. The van der Waals surface area contributed by atoms with Gasteiger partial charge < -0.3 is 10.6 Å². The lowest BCUT2D eigenvalue weighted by atomic mass is 9.94. The van der Waals surface area contributed by atoms with E-state index in [1.807, 2.05) is 6.07 Å². The van der Waals surface area contributed by atoms with Crippen LogP contribution < -0.4 is 10.6 Å². The average Bonchev–Trinajstić information content (AvgIpc) is 2.41. The summed E-state index contributed by atoms with van der Waals surface area (Å²) < 4.78 is 0. The molecule has 0 amide bonds. The zero-order valence-corrected chi connectivity index (χ0v) is 11.6. The van der Waals surface area contributed by atoms with Gasteiger partial charge in [-0.05, 0) is 25.8 Å². The zero-order chi connectivity index (χ0) is 13.0. The molecule has 1 aromatic rings. The fraction of sp³-hybridized carbons (Fsp3) is 0.615. The van der Waals surface area contributed by atoms with Crippen LogP contribution in [0.4, 0.5) is 5.82 Å². The van der Waals surface area contributed by atoms with Gasteiger partial charge >= 0.3 is 0 Å². The topological polar surface area (TPSA) is 55.0 Å². The molecule has 1 fully saturated rings. The van der Waals surface area contributed by atoms with Crippen molar-refractivity contribution >= 4 is 23.0 Å². The second-order valence-corrected chi connectivity index (χ2v) is 5.15. The molecule has 0 aliphatic heterocycles. The highest BCUT2D eigenvalue weighted by Crippen LogP contribution is 2.27. The van der Waals surface area contributed by atoms with Crippen LogP contribution in [0.25, 0.3) is 0 Å². The number of hydrogen-bond donors (Lipinski definition) is 1. The predicted molar refractivity (Wildman–Crippen MR) is 77.8 cm³/mol. The van der Waals surface area contributed by atoms with Gasteiger partial charge in [0.1, 0.15) is 4.99 Å². The van der Waals surface area contributed by atoms with E-state index in [2.05, 4.69) is 22.0 Å². The van der Waals surface area contributed by atoms with Crippen LogP contribution in [0.2, 0.25) is 0 Å². The molecule has 5 heteroatoms. The molecule has 4 nitrogen and oxygen atoms in total. The number of aromatic nitrogens is 2. The van der Waals surface area contributed by atoms with E-state index in [9.17, 15) is 0 Å². The Kier molecular flexibility index (Phi) is 4.47. The lowest BCUT2D eigenvalue weighted by molar-refractivity contribution is 0.415. The van der Waals surface area contributed by atoms with Crippen LogP contribution in [0.5, 0.6) is 0 Å². The SMILES string of the molecule is CCN(c1nnccc1C(N)=S)C1CCCCC1. The smallest absolute Gasteiger partial charge is 0.161 e. The van der Waals surface area contributed by atoms with Crippen LogP contribution in [0.15, 0.2) is 12.3 Å². The van der Waals surface area contributed by atoms with E-state index >= 15 is 0 Å². The van der Waals surface area contributed by atoms with Gasteiger partial charge in [-0.3, -0.25) is 0 Å². The predicted octanol–water partition coefficient (Wildman–Crippen LogP) is 2.27. The summed E-state index contributed by atoms with van der Waals surface area (Å²) in [5, 5.41) is 8.24. The van der Waals surface area contributed by atoms with Crippen molar-refractivity contribution in [2.45, 2.75) is 45.1 Å². The Morgan fingerprint density at radius 3 is 2.78 bits per heavy atom. The van der Waals surface area contributed by atoms with E-state index < -0.39 is 0 Å². The molecule has 2 rings (SSSR count). The first-order chi connectivity index (χ1) is 8.74. The van der Waals surface area contributed by atoms with Gasteiger partial charge in [-0.2, -0.15) is 5.10 Å². The Bertz CT molecular complexity index is 415. The molecule has 0 aromatic carbocycles. The monoisotopic (exact) mass is 264 g/mol. The molecule has 0 spiro atoms. The second kappa shape index (κ2) is 6.09. The van der Waals surface area contributed by atoms with Crippen molar-refractivity contribution in [3.05, 3.63) is 17.8 Å². The van der Waals surface area contributed by atoms with Crippen molar-refractivity contribution < 1.29 is 0 Å². The van der Waals surface area contributed by atoms with E-state index in [4.69, 9.17) is 18.0 Å². The van der Waals surface area contributed by atoms with Crippen LogP contribution in [0, 0.1) is 0 Å². The lowest BCUT2D eigenvalue weighted by Crippen LogP contribution is -2.38. The fourth-order valence-corrected chi connectivity index (χ4v) is 2.86. The molecule has 1 aliphatic rings. The van der Waals surface area contributed by atoms with Crippen molar-refractivity contribution in [2.75, 3.05) is 11.4 Å². The Labute approximate surface area is 114 Å². The minimum absolute atomic E-state index is 0.397. The quantitative estimate of drug-likeness (QED) is 0.845. The third-order valence-electron chi connectivity index (χ3n) is 3.59. The summed E-state index contributed by atoms with van der Waals surface area (Å²) in [4.78, 5) is 2.70. The molecule has 0 atom stereocenters. The summed E-state index contributed by atoms with van der Waals surface area (Å²) >= 11 is 5.10. The van der Waals surface area contributed by atoms with E-state index in [-0.39, 0.29) is 0 Å². The number of anilines is 1. The van der Waals surface area contributed by atoms with E-state index in [1.165, 1.54) is 32.1 Å². The third kappa shape index (κ3) is 2.77.